The van der Waals surface area contributed by atoms with Crippen molar-refractivity contribution in [2.24, 2.45) is 0 Å². The minimum Gasteiger partial charge on any atom is -0.240 e. The molecule has 1 aliphatic heterocycles. The van der Waals surface area contributed by atoms with Crippen molar-refractivity contribution in [3.8, 4) is 0 Å². The monoisotopic (exact) mass is 121 g/mol. The average Bonchev–Trinajstić information content (AvgIpc) is 1.61. The van der Waals surface area contributed by atoms with Gasteiger partial charge in [-0.05, 0) is 6.42 Å². The maximum Gasteiger partial charge on any atom is 0.0636 e. The molecule has 1 saturated heterocycles. The first-order chi connectivity index (χ1) is 2.80. The third kappa shape index (κ3) is 0.669. The van der Waals surface area contributed by atoms with Gasteiger partial charge in [-0.25, -0.2) is 4.31 Å². The van der Waals surface area contributed by atoms with Gasteiger partial charge >= 0.3 is 0 Å². The largest absolute Gasteiger partial charge is 0.240 e. The molecule has 1 aliphatic rings. The van der Waals surface area contributed by atoms with Gasteiger partial charge < -0.3 is 0 Å². The van der Waals surface area contributed by atoms with Crippen LogP contribution in [-0.2, 0) is 0 Å². The van der Waals surface area contributed by atoms with Gasteiger partial charge in [0.15, 0.2) is 0 Å². The lowest BCUT2D eigenvalue weighted by molar-refractivity contribution is 0.316. The van der Waals surface area contributed by atoms with Gasteiger partial charge in [-0.15, -0.1) is 0 Å². The van der Waals surface area contributed by atoms with E-state index in [2.05, 4.69) is 25.4 Å². The van der Waals surface area contributed by atoms with E-state index in [1.54, 1.807) is 0 Å². The Morgan fingerprint density at radius 2 is 2.17 bits per heavy atom. The van der Waals surface area contributed by atoms with Crippen molar-refractivity contribution in [3.05, 3.63) is 0 Å². The van der Waals surface area contributed by atoms with Crippen LogP contribution in [0.4, 0.5) is 0 Å². The molecule has 0 aromatic rings. The zero-order chi connectivity index (χ0) is 4.57. The Morgan fingerprint density at radius 3 is 2.17 bits per heavy atom. The van der Waals surface area contributed by atoms with Crippen LogP contribution >= 0.6 is 25.4 Å². The van der Waals surface area contributed by atoms with Gasteiger partial charge in [0.1, 0.15) is 0 Å². The Balaban J connectivity index is 2.20. The fourth-order valence-corrected chi connectivity index (χ4v) is 0.822. The zero-order valence-electron chi connectivity index (χ0n) is 3.33. The van der Waals surface area contributed by atoms with Crippen molar-refractivity contribution in [1.82, 2.24) is 4.31 Å². The number of hydrogen-bond acceptors (Lipinski definition) is 3. The van der Waals surface area contributed by atoms with Crippen LogP contribution in [0.15, 0.2) is 0 Å². The molecule has 0 spiro atoms. The second-order valence-electron chi connectivity index (χ2n) is 1.43. The molecule has 0 aliphatic carbocycles. The summed E-state index contributed by atoms with van der Waals surface area (Å²) in [5.41, 5.74) is 0. The van der Waals surface area contributed by atoms with Gasteiger partial charge in [-0.1, -0.05) is 12.8 Å². The van der Waals surface area contributed by atoms with Crippen LogP contribution in [0.25, 0.3) is 0 Å². The third-order valence-corrected chi connectivity index (χ3v) is 2.16. The predicted octanol–water partition coefficient (Wildman–Crippen LogP) is 0.793. The molecule has 0 aromatic carbocycles. The highest BCUT2D eigenvalue weighted by Crippen LogP contribution is 2.21. The average molecular weight is 121 g/mol. The summed E-state index contributed by atoms with van der Waals surface area (Å²) in [7, 11) is 0. The van der Waals surface area contributed by atoms with Crippen LogP contribution in [0.2, 0.25) is 0 Å². The fraction of sp³-hybridized carbons (Fsp3) is 1.00. The molecule has 1 fully saturated rings. The van der Waals surface area contributed by atoms with E-state index in [1.807, 2.05) is 4.31 Å². The summed E-state index contributed by atoms with van der Waals surface area (Å²) in [5.74, 6) is 0. The molecule has 0 N–H and O–H groups in total. The molecule has 0 amide bonds. The molecular formula is C3H7NS2. The van der Waals surface area contributed by atoms with Gasteiger partial charge in [-0.2, -0.15) is 12.6 Å². The molecule has 0 aromatic heterocycles. The van der Waals surface area contributed by atoms with Crippen LogP contribution in [0.3, 0.4) is 0 Å². The summed E-state index contributed by atoms with van der Waals surface area (Å²) in [6, 6.07) is 0. The summed E-state index contributed by atoms with van der Waals surface area (Å²) in [5, 5.41) is 0.424. The summed E-state index contributed by atoms with van der Waals surface area (Å²) in [4.78, 5) is 0. The smallest absolute Gasteiger partial charge is 0.0636 e. The standard InChI is InChI=1S/C3H7NS2/c5-3-1-2-4(3)6/h3,5-6H,1-2H2. The Morgan fingerprint density at radius 1 is 1.67 bits per heavy atom. The third-order valence-electron chi connectivity index (χ3n) is 0.960. The number of rotatable bonds is 0. The highest BCUT2D eigenvalue weighted by atomic mass is 32.1. The van der Waals surface area contributed by atoms with Gasteiger partial charge in [-0.3, -0.25) is 0 Å². The highest BCUT2D eigenvalue weighted by molar-refractivity contribution is 7.83. The van der Waals surface area contributed by atoms with E-state index in [-0.39, 0.29) is 0 Å². The normalized spacial score (nSPS) is 36.0. The summed E-state index contributed by atoms with van der Waals surface area (Å²) in [6.45, 7) is 1.09. The molecule has 3 heteroatoms. The zero-order valence-corrected chi connectivity index (χ0v) is 5.12. The molecular weight excluding hydrogens is 114 g/mol. The van der Waals surface area contributed by atoms with E-state index in [0.717, 1.165) is 6.54 Å². The molecule has 1 heterocycles. The van der Waals surface area contributed by atoms with Crippen molar-refractivity contribution < 1.29 is 0 Å². The van der Waals surface area contributed by atoms with E-state index in [0.29, 0.717) is 5.37 Å². The first-order valence-electron chi connectivity index (χ1n) is 1.94. The summed E-state index contributed by atoms with van der Waals surface area (Å²) >= 11 is 8.17. The first-order valence-corrected chi connectivity index (χ1v) is 2.86. The lowest BCUT2D eigenvalue weighted by Gasteiger charge is -2.31. The Labute approximate surface area is 48.7 Å². The van der Waals surface area contributed by atoms with Gasteiger partial charge in [0.25, 0.3) is 0 Å². The maximum absolute atomic E-state index is 4.13. The van der Waals surface area contributed by atoms with Gasteiger partial charge in [0.05, 0.1) is 5.37 Å². The molecule has 0 radical (unpaired) electrons. The van der Waals surface area contributed by atoms with E-state index < -0.39 is 0 Å². The van der Waals surface area contributed by atoms with Crippen LogP contribution in [0.1, 0.15) is 6.42 Å². The quantitative estimate of drug-likeness (QED) is 0.448. The van der Waals surface area contributed by atoms with Crippen LogP contribution < -0.4 is 0 Å². The van der Waals surface area contributed by atoms with Crippen molar-refractivity contribution in [1.29, 1.82) is 0 Å². The lowest BCUT2D eigenvalue weighted by Crippen LogP contribution is -2.36. The van der Waals surface area contributed by atoms with Crippen molar-refractivity contribution in [2.45, 2.75) is 11.8 Å². The summed E-state index contributed by atoms with van der Waals surface area (Å²) in [6.07, 6.45) is 1.19. The van der Waals surface area contributed by atoms with E-state index >= 15 is 0 Å². The topological polar surface area (TPSA) is 3.24 Å². The fourth-order valence-electron chi connectivity index (χ4n) is 0.360. The highest BCUT2D eigenvalue weighted by Gasteiger charge is 2.19. The maximum atomic E-state index is 4.13. The molecule has 36 valence electrons. The van der Waals surface area contributed by atoms with Crippen LogP contribution in [-0.4, -0.2) is 16.2 Å². The molecule has 0 saturated carbocycles. The molecule has 1 unspecified atom stereocenters. The Kier molecular flexibility index (Phi) is 1.31. The summed E-state index contributed by atoms with van der Waals surface area (Å²) < 4.78 is 1.91. The van der Waals surface area contributed by atoms with Crippen molar-refractivity contribution >= 4 is 25.4 Å². The second-order valence-corrected chi connectivity index (χ2v) is 2.54. The van der Waals surface area contributed by atoms with Crippen LogP contribution in [0.5, 0.6) is 0 Å². The molecule has 1 rings (SSSR count). The number of thiol groups is 2. The van der Waals surface area contributed by atoms with E-state index in [9.17, 15) is 0 Å². The van der Waals surface area contributed by atoms with Crippen LogP contribution in [0, 0.1) is 0 Å². The Bertz CT molecular complexity index is 48.8. The molecule has 6 heavy (non-hydrogen) atoms. The van der Waals surface area contributed by atoms with Crippen molar-refractivity contribution in [2.75, 3.05) is 6.54 Å². The Hall–Kier alpha value is 0.660. The number of hydrogen-bond donors (Lipinski definition) is 2. The number of nitrogens with zero attached hydrogens (tertiary/aromatic N) is 1. The lowest BCUT2D eigenvalue weighted by atomic mass is 10.3. The molecule has 1 atom stereocenters. The van der Waals surface area contributed by atoms with E-state index in [4.69, 9.17) is 0 Å². The minimum absolute atomic E-state index is 0.424. The van der Waals surface area contributed by atoms with Crippen molar-refractivity contribution in [3.63, 3.8) is 0 Å². The van der Waals surface area contributed by atoms with Gasteiger partial charge in [0, 0.05) is 6.54 Å². The van der Waals surface area contributed by atoms with E-state index in [1.165, 1.54) is 6.42 Å². The molecule has 0 bridgehead atoms. The second kappa shape index (κ2) is 1.64. The predicted molar refractivity (Wildman–Crippen MR) is 33.1 cm³/mol. The SMILES string of the molecule is SC1CCN1S. The first kappa shape index (κ1) is 4.81. The molecule has 1 nitrogen and oxygen atoms in total. The van der Waals surface area contributed by atoms with Gasteiger partial charge in [0.2, 0.25) is 0 Å². The minimum atomic E-state index is 0.424.